The van der Waals surface area contributed by atoms with Crippen LogP contribution in [0.3, 0.4) is 0 Å². The zero-order valence-corrected chi connectivity index (χ0v) is 31.6. The van der Waals surface area contributed by atoms with E-state index < -0.39 is 59.6 Å². The molecule has 1 unspecified atom stereocenters. The van der Waals surface area contributed by atoms with Gasteiger partial charge in [-0.3, -0.25) is 24.1 Å². The summed E-state index contributed by atoms with van der Waals surface area (Å²) >= 11 is 3.75. The number of halogens is 1. The van der Waals surface area contributed by atoms with Gasteiger partial charge in [-0.15, -0.1) is 13.2 Å². The number of morpholine rings is 1. The van der Waals surface area contributed by atoms with Crippen LogP contribution in [0.1, 0.15) is 51.2 Å². The van der Waals surface area contributed by atoms with Crippen LogP contribution >= 0.6 is 15.9 Å². The molecule has 0 aromatic heterocycles. The topological polar surface area (TPSA) is 129 Å². The SMILES string of the molecule is C=CCCC(=O)N(C)[C@@H](C)[C@@H](OC(=O)[C@@H]1[C@H]2O[C@@]3(CC2Br)[C@H](C(=O)N(CC=C)CCN2CCOCC2)N([C@@H](CC)CO)C(=O)[C@@H]13)c1ccccc1. The second kappa shape index (κ2) is 17.2. The molecule has 0 radical (unpaired) electrons. The molecule has 0 saturated carbocycles. The third-order valence-corrected chi connectivity index (χ3v) is 12.0. The number of aliphatic hydroxyl groups is 1. The molecule has 5 rings (SSSR count). The van der Waals surface area contributed by atoms with Crippen LogP contribution in [0.5, 0.6) is 0 Å². The summed E-state index contributed by atoms with van der Waals surface area (Å²) in [6.07, 6.45) is 3.32. The van der Waals surface area contributed by atoms with Gasteiger partial charge in [0.1, 0.15) is 17.7 Å². The number of hydrogen-bond donors (Lipinski definition) is 1. The number of aliphatic hydroxyl groups excluding tert-OH is 1. The van der Waals surface area contributed by atoms with Crippen LogP contribution in [0.2, 0.25) is 0 Å². The fourth-order valence-corrected chi connectivity index (χ4v) is 9.20. The van der Waals surface area contributed by atoms with Crippen molar-refractivity contribution in [1.82, 2.24) is 19.6 Å². The third kappa shape index (κ3) is 7.69. The average molecular weight is 774 g/mol. The molecular weight excluding hydrogens is 720 g/mol. The Morgan fingerprint density at radius 1 is 1.18 bits per heavy atom. The van der Waals surface area contributed by atoms with E-state index in [2.05, 4.69) is 34.0 Å². The number of rotatable bonds is 17. The summed E-state index contributed by atoms with van der Waals surface area (Å²) in [5.41, 5.74) is -0.613. The van der Waals surface area contributed by atoms with Gasteiger partial charge in [-0.2, -0.15) is 0 Å². The number of carbonyl (C=O) groups is 4. The van der Waals surface area contributed by atoms with Crippen LogP contribution in [0.25, 0.3) is 0 Å². The van der Waals surface area contributed by atoms with Crippen molar-refractivity contribution in [2.24, 2.45) is 11.8 Å². The van der Waals surface area contributed by atoms with E-state index >= 15 is 0 Å². The Kier molecular flexibility index (Phi) is 13.2. The van der Waals surface area contributed by atoms with Gasteiger partial charge in [0.15, 0.2) is 0 Å². The number of carbonyl (C=O) groups excluding carboxylic acids is 4. The van der Waals surface area contributed by atoms with Crippen molar-refractivity contribution in [2.75, 3.05) is 59.6 Å². The molecule has 2 bridgehead atoms. The minimum absolute atomic E-state index is 0.114. The van der Waals surface area contributed by atoms with E-state index in [-0.39, 0.29) is 36.2 Å². The molecule has 51 heavy (non-hydrogen) atoms. The molecule has 4 fully saturated rings. The maximum absolute atomic E-state index is 14.8. The number of fused-ring (bicyclic) bond motifs is 1. The molecule has 4 heterocycles. The minimum Gasteiger partial charge on any atom is -0.455 e. The predicted octanol–water partition coefficient (Wildman–Crippen LogP) is 2.95. The van der Waals surface area contributed by atoms with Gasteiger partial charge in [-0.25, -0.2) is 0 Å². The summed E-state index contributed by atoms with van der Waals surface area (Å²) in [5.74, 6) is -3.45. The zero-order valence-electron chi connectivity index (χ0n) is 30.0. The van der Waals surface area contributed by atoms with Crippen LogP contribution in [-0.2, 0) is 33.4 Å². The van der Waals surface area contributed by atoms with Gasteiger partial charge in [-0.1, -0.05) is 65.3 Å². The summed E-state index contributed by atoms with van der Waals surface area (Å²) in [6, 6.07) is 6.98. The van der Waals surface area contributed by atoms with E-state index in [1.807, 2.05) is 44.2 Å². The fraction of sp³-hybridized carbons (Fsp3) is 0.632. The summed E-state index contributed by atoms with van der Waals surface area (Å²) in [7, 11) is 1.69. The second-order valence-corrected chi connectivity index (χ2v) is 15.2. The Bertz CT molecular complexity index is 1420. The number of hydrogen-bond acceptors (Lipinski definition) is 9. The number of likely N-dealkylation sites (tertiary alicyclic amines) is 1. The van der Waals surface area contributed by atoms with E-state index in [0.717, 1.165) is 13.1 Å². The smallest absolute Gasteiger partial charge is 0.313 e. The third-order valence-electron chi connectivity index (χ3n) is 11.1. The lowest BCUT2D eigenvalue weighted by Gasteiger charge is -2.39. The van der Waals surface area contributed by atoms with Gasteiger partial charge in [0.05, 0.1) is 49.8 Å². The van der Waals surface area contributed by atoms with Gasteiger partial charge in [-0.05, 0) is 31.7 Å². The molecule has 1 aromatic rings. The lowest BCUT2D eigenvalue weighted by atomic mass is 9.70. The maximum atomic E-state index is 14.8. The Morgan fingerprint density at radius 2 is 1.88 bits per heavy atom. The van der Waals surface area contributed by atoms with Gasteiger partial charge >= 0.3 is 5.97 Å². The van der Waals surface area contributed by atoms with E-state index in [1.165, 1.54) is 4.90 Å². The number of ether oxygens (including phenoxy) is 3. The van der Waals surface area contributed by atoms with Crippen LogP contribution in [-0.4, -0.2) is 143 Å². The Labute approximate surface area is 309 Å². The molecule has 1 N–H and O–H groups in total. The molecule has 12 nitrogen and oxygen atoms in total. The van der Waals surface area contributed by atoms with Crippen molar-refractivity contribution in [2.45, 2.75) is 80.3 Å². The normalized spacial score (nSPS) is 28.8. The molecule has 0 aliphatic carbocycles. The molecule has 4 aliphatic heterocycles. The molecule has 4 saturated heterocycles. The molecular formula is C38H53BrN4O8. The molecule has 4 aliphatic rings. The number of esters is 1. The summed E-state index contributed by atoms with van der Waals surface area (Å²) < 4.78 is 18.6. The molecule has 13 heteroatoms. The highest BCUT2D eigenvalue weighted by atomic mass is 79.9. The fourth-order valence-electron chi connectivity index (χ4n) is 8.25. The first-order valence-corrected chi connectivity index (χ1v) is 19.0. The van der Waals surface area contributed by atoms with Gasteiger partial charge < -0.3 is 34.0 Å². The number of benzene rings is 1. The number of nitrogens with zero attached hydrogens (tertiary/aromatic N) is 4. The number of allylic oxidation sites excluding steroid dienone is 1. The highest BCUT2D eigenvalue weighted by molar-refractivity contribution is 9.09. The summed E-state index contributed by atoms with van der Waals surface area (Å²) in [4.78, 5) is 63.7. The standard InChI is InChI=1S/C38H53BrN4O8/c1-6-9-15-29(45)40(5)25(4)32(26-13-11-10-12-14-26)50-37(48)30-31-35(46)43(27(8-3)24-44)34(38(31)23-28(39)33(30)51-38)36(47)42(16-7-2)18-17-41-19-21-49-22-20-41/h6-7,10-14,25,27-28,30-34,44H,1-2,8-9,15-24H2,3-5H3/t25-,27-,28?,30-,31+,32+,33-,34-,38+/m0/s1. The highest BCUT2D eigenvalue weighted by Gasteiger charge is 2.77. The zero-order chi connectivity index (χ0) is 36.9. The minimum atomic E-state index is -1.32. The van der Waals surface area contributed by atoms with Crippen molar-refractivity contribution in [3.05, 3.63) is 61.2 Å². The molecule has 280 valence electrons. The van der Waals surface area contributed by atoms with Crippen LogP contribution in [0.4, 0.5) is 0 Å². The van der Waals surface area contributed by atoms with Gasteiger partial charge in [0.2, 0.25) is 17.7 Å². The monoisotopic (exact) mass is 772 g/mol. The van der Waals surface area contributed by atoms with E-state index in [4.69, 9.17) is 14.2 Å². The number of amides is 3. The van der Waals surface area contributed by atoms with Crippen LogP contribution in [0, 0.1) is 11.8 Å². The molecule has 1 spiro atoms. The quantitative estimate of drug-likeness (QED) is 0.145. The Balaban J connectivity index is 1.47. The van der Waals surface area contributed by atoms with Gasteiger partial charge in [0, 0.05) is 51.0 Å². The average Bonchev–Trinajstić information content (AvgIpc) is 3.75. The lowest BCUT2D eigenvalue weighted by Crippen LogP contribution is -2.59. The van der Waals surface area contributed by atoms with E-state index in [9.17, 15) is 24.3 Å². The number of likely N-dealkylation sites (N-methyl/N-ethyl adjacent to an activating group) is 1. The first kappa shape index (κ1) is 39.1. The van der Waals surface area contributed by atoms with Crippen LogP contribution in [0.15, 0.2) is 55.6 Å². The van der Waals surface area contributed by atoms with Crippen LogP contribution < -0.4 is 0 Å². The van der Waals surface area contributed by atoms with Crippen molar-refractivity contribution < 1.29 is 38.5 Å². The van der Waals surface area contributed by atoms with Crippen molar-refractivity contribution in [3.63, 3.8) is 0 Å². The van der Waals surface area contributed by atoms with Gasteiger partial charge in [0.25, 0.3) is 0 Å². The molecule has 1 aromatic carbocycles. The summed E-state index contributed by atoms with van der Waals surface area (Å²) in [6.45, 7) is 15.0. The van der Waals surface area contributed by atoms with Crippen molar-refractivity contribution in [3.8, 4) is 0 Å². The molecule has 9 atom stereocenters. The van der Waals surface area contributed by atoms with E-state index in [1.54, 1.807) is 29.0 Å². The Hall–Kier alpha value is -3.10. The molecule has 3 amide bonds. The largest absolute Gasteiger partial charge is 0.455 e. The number of alkyl halides is 1. The summed E-state index contributed by atoms with van der Waals surface area (Å²) in [5, 5.41) is 10.5. The Morgan fingerprint density at radius 3 is 2.51 bits per heavy atom. The highest BCUT2D eigenvalue weighted by Crippen LogP contribution is 2.61. The second-order valence-electron chi connectivity index (χ2n) is 14.0. The predicted molar refractivity (Wildman–Crippen MR) is 195 cm³/mol. The first-order chi connectivity index (χ1) is 24.5. The van der Waals surface area contributed by atoms with Crippen molar-refractivity contribution in [1.29, 1.82) is 0 Å². The van der Waals surface area contributed by atoms with E-state index in [0.29, 0.717) is 51.1 Å². The van der Waals surface area contributed by atoms with Crippen molar-refractivity contribution >= 4 is 39.6 Å². The lowest BCUT2D eigenvalue weighted by molar-refractivity contribution is -0.165. The maximum Gasteiger partial charge on any atom is 0.313 e. The first-order valence-electron chi connectivity index (χ1n) is 18.1.